The third kappa shape index (κ3) is 5.75. The number of amides is 1. The standard InChI is InChI=1S/C15H24N2O2/c1-4-12(2)17-15(18)11-16-14-8-6-5-7-13(14)9-10-19-3/h5-8,12,16H,4,9-11H2,1-3H3,(H,17,18). The Morgan fingerprint density at radius 3 is 2.79 bits per heavy atom. The second-order valence-electron chi connectivity index (χ2n) is 4.63. The molecule has 1 rings (SSSR count). The van der Waals surface area contributed by atoms with Crippen molar-refractivity contribution in [2.24, 2.45) is 0 Å². The molecule has 4 heteroatoms. The zero-order chi connectivity index (χ0) is 14.1. The van der Waals surface area contributed by atoms with Crippen molar-refractivity contribution in [1.82, 2.24) is 5.32 Å². The van der Waals surface area contributed by atoms with Crippen LogP contribution in [0, 0.1) is 0 Å². The Kier molecular flexibility index (Phi) is 6.97. The van der Waals surface area contributed by atoms with Crippen LogP contribution < -0.4 is 10.6 Å². The second kappa shape index (κ2) is 8.53. The quantitative estimate of drug-likeness (QED) is 0.757. The first-order chi connectivity index (χ1) is 9.17. The zero-order valence-corrected chi connectivity index (χ0v) is 12.0. The van der Waals surface area contributed by atoms with E-state index in [-0.39, 0.29) is 11.9 Å². The first kappa shape index (κ1) is 15.5. The molecule has 19 heavy (non-hydrogen) atoms. The van der Waals surface area contributed by atoms with Crippen LogP contribution in [-0.2, 0) is 16.0 Å². The number of ether oxygens (including phenoxy) is 1. The highest BCUT2D eigenvalue weighted by Crippen LogP contribution is 2.15. The van der Waals surface area contributed by atoms with E-state index < -0.39 is 0 Å². The molecule has 0 saturated carbocycles. The van der Waals surface area contributed by atoms with Gasteiger partial charge in [0.1, 0.15) is 0 Å². The molecule has 1 aromatic rings. The smallest absolute Gasteiger partial charge is 0.239 e. The van der Waals surface area contributed by atoms with Crippen molar-refractivity contribution >= 4 is 11.6 Å². The van der Waals surface area contributed by atoms with E-state index in [0.29, 0.717) is 13.2 Å². The van der Waals surface area contributed by atoms with Crippen LogP contribution in [-0.4, -0.2) is 32.2 Å². The molecular weight excluding hydrogens is 240 g/mol. The van der Waals surface area contributed by atoms with Gasteiger partial charge in [-0.3, -0.25) is 4.79 Å². The number of rotatable bonds is 8. The van der Waals surface area contributed by atoms with Crippen LogP contribution in [0.1, 0.15) is 25.8 Å². The Morgan fingerprint density at radius 1 is 1.37 bits per heavy atom. The zero-order valence-electron chi connectivity index (χ0n) is 12.0. The van der Waals surface area contributed by atoms with Gasteiger partial charge in [-0.2, -0.15) is 0 Å². The molecule has 1 unspecified atom stereocenters. The highest BCUT2D eigenvalue weighted by Gasteiger charge is 2.06. The first-order valence-electron chi connectivity index (χ1n) is 6.77. The summed E-state index contributed by atoms with van der Waals surface area (Å²) in [6.07, 6.45) is 1.78. The van der Waals surface area contributed by atoms with Gasteiger partial charge in [-0.05, 0) is 31.4 Å². The lowest BCUT2D eigenvalue weighted by atomic mass is 10.1. The van der Waals surface area contributed by atoms with Crippen molar-refractivity contribution in [3.05, 3.63) is 29.8 Å². The monoisotopic (exact) mass is 264 g/mol. The van der Waals surface area contributed by atoms with Crippen molar-refractivity contribution in [1.29, 1.82) is 0 Å². The molecule has 0 aliphatic heterocycles. The summed E-state index contributed by atoms with van der Waals surface area (Å²) in [6.45, 7) is 5.04. The molecule has 0 aromatic heterocycles. The van der Waals surface area contributed by atoms with Crippen LogP contribution in [0.4, 0.5) is 5.69 Å². The maximum atomic E-state index is 11.7. The van der Waals surface area contributed by atoms with E-state index in [4.69, 9.17) is 4.74 Å². The number of methoxy groups -OCH3 is 1. The van der Waals surface area contributed by atoms with Crippen LogP contribution >= 0.6 is 0 Å². The average molecular weight is 264 g/mol. The first-order valence-corrected chi connectivity index (χ1v) is 6.77. The fourth-order valence-electron chi connectivity index (χ4n) is 1.73. The van der Waals surface area contributed by atoms with Crippen LogP contribution in [0.5, 0.6) is 0 Å². The Morgan fingerprint density at radius 2 is 2.11 bits per heavy atom. The maximum Gasteiger partial charge on any atom is 0.239 e. The minimum Gasteiger partial charge on any atom is -0.384 e. The van der Waals surface area contributed by atoms with Gasteiger partial charge < -0.3 is 15.4 Å². The summed E-state index contributed by atoms with van der Waals surface area (Å²) >= 11 is 0. The highest BCUT2D eigenvalue weighted by molar-refractivity contribution is 5.81. The predicted octanol–water partition coefficient (Wildman–Crippen LogP) is 2.20. The summed E-state index contributed by atoms with van der Waals surface area (Å²) < 4.78 is 5.09. The van der Waals surface area contributed by atoms with Gasteiger partial charge in [0.05, 0.1) is 13.2 Å². The Balaban J connectivity index is 2.50. The fraction of sp³-hybridized carbons (Fsp3) is 0.533. The van der Waals surface area contributed by atoms with Gasteiger partial charge in [-0.1, -0.05) is 25.1 Å². The summed E-state index contributed by atoms with van der Waals surface area (Å²) in [6, 6.07) is 8.22. The molecule has 0 bridgehead atoms. The highest BCUT2D eigenvalue weighted by atomic mass is 16.5. The van der Waals surface area contributed by atoms with Crippen LogP contribution in [0.2, 0.25) is 0 Å². The number of nitrogens with one attached hydrogen (secondary N) is 2. The minimum atomic E-state index is 0.0240. The summed E-state index contributed by atoms with van der Waals surface area (Å²) in [5, 5.41) is 6.12. The predicted molar refractivity (Wildman–Crippen MR) is 78.4 cm³/mol. The Labute approximate surface area is 115 Å². The van der Waals surface area contributed by atoms with Crippen molar-refractivity contribution in [2.75, 3.05) is 25.6 Å². The molecule has 4 nitrogen and oxygen atoms in total. The van der Waals surface area contributed by atoms with E-state index in [2.05, 4.69) is 17.6 Å². The minimum absolute atomic E-state index is 0.0240. The van der Waals surface area contributed by atoms with E-state index >= 15 is 0 Å². The van der Waals surface area contributed by atoms with Crippen LogP contribution in [0.3, 0.4) is 0 Å². The van der Waals surface area contributed by atoms with Gasteiger partial charge in [-0.25, -0.2) is 0 Å². The van der Waals surface area contributed by atoms with E-state index in [9.17, 15) is 4.79 Å². The van der Waals surface area contributed by atoms with Crippen molar-refractivity contribution < 1.29 is 9.53 Å². The number of carbonyl (C=O) groups is 1. The second-order valence-corrected chi connectivity index (χ2v) is 4.63. The van der Waals surface area contributed by atoms with Crippen molar-refractivity contribution in [3.63, 3.8) is 0 Å². The largest absolute Gasteiger partial charge is 0.384 e. The maximum absolute atomic E-state index is 11.7. The molecule has 2 N–H and O–H groups in total. The third-order valence-corrected chi connectivity index (χ3v) is 3.05. The molecule has 0 heterocycles. The number of anilines is 1. The average Bonchev–Trinajstić information content (AvgIpc) is 2.43. The number of carbonyl (C=O) groups excluding carboxylic acids is 1. The van der Waals surface area contributed by atoms with E-state index in [1.807, 2.05) is 31.2 Å². The molecule has 1 amide bonds. The van der Waals surface area contributed by atoms with E-state index in [0.717, 1.165) is 18.5 Å². The van der Waals surface area contributed by atoms with Crippen molar-refractivity contribution in [2.45, 2.75) is 32.7 Å². The lowest BCUT2D eigenvalue weighted by Gasteiger charge is -2.14. The summed E-state index contributed by atoms with van der Waals surface area (Å²) in [4.78, 5) is 11.7. The molecule has 0 saturated heterocycles. The molecule has 0 aliphatic rings. The third-order valence-electron chi connectivity index (χ3n) is 3.05. The normalized spacial score (nSPS) is 11.9. The molecule has 1 atom stereocenters. The topological polar surface area (TPSA) is 50.4 Å². The Bertz CT molecular complexity index is 393. The van der Waals surface area contributed by atoms with Gasteiger partial charge >= 0.3 is 0 Å². The summed E-state index contributed by atoms with van der Waals surface area (Å²) in [5.74, 6) is 0.0240. The lowest BCUT2D eigenvalue weighted by molar-refractivity contribution is -0.120. The number of para-hydroxylation sites is 1. The molecule has 1 aromatic carbocycles. The molecule has 0 aliphatic carbocycles. The van der Waals surface area contributed by atoms with Crippen molar-refractivity contribution in [3.8, 4) is 0 Å². The van der Waals surface area contributed by atoms with Gasteiger partial charge in [0, 0.05) is 18.8 Å². The van der Waals surface area contributed by atoms with E-state index in [1.165, 1.54) is 5.56 Å². The Hall–Kier alpha value is -1.55. The van der Waals surface area contributed by atoms with Crippen LogP contribution in [0.15, 0.2) is 24.3 Å². The SMILES string of the molecule is CCC(C)NC(=O)CNc1ccccc1CCOC. The molecule has 0 fully saturated rings. The fourth-order valence-corrected chi connectivity index (χ4v) is 1.73. The molecular formula is C15H24N2O2. The van der Waals surface area contributed by atoms with Gasteiger partial charge in [-0.15, -0.1) is 0 Å². The lowest BCUT2D eigenvalue weighted by Crippen LogP contribution is -2.36. The van der Waals surface area contributed by atoms with Gasteiger partial charge in [0.15, 0.2) is 0 Å². The van der Waals surface area contributed by atoms with Gasteiger partial charge in [0.2, 0.25) is 5.91 Å². The summed E-state index contributed by atoms with van der Waals surface area (Å²) in [7, 11) is 1.69. The number of benzene rings is 1. The van der Waals surface area contributed by atoms with Crippen LogP contribution in [0.25, 0.3) is 0 Å². The number of hydrogen-bond donors (Lipinski definition) is 2. The van der Waals surface area contributed by atoms with Gasteiger partial charge in [0.25, 0.3) is 0 Å². The van der Waals surface area contributed by atoms with E-state index in [1.54, 1.807) is 7.11 Å². The molecule has 0 radical (unpaired) electrons. The number of hydrogen-bond acceptors (Lipinski definition) is 3. The molecule has 0 spiro atoms. The molecule has 106 valence electrons. The summed E-state index contributed by atoms with van der Waals surface area (Å²) in [5.41, 5.74) is 2.17.